The molecule has 8 heteroatoms. The van der Waals surface area contributed by atoms with Crippen LogP contribution < -0.4 is 10.6 Å². The molecule has 3 rings (SSSR count). The van der Waals surface area contributed by atoms with Crippen LogP contribution in [0.2, 0.25) is 0 Å². The molecule has 0 fully saturated rings. The SMILES string of the molecule is C=CCn1c(CNC(=O)c2ccccc2)nnc1SCC(=O)Nc1ccc(C(C)C)cc1. The summed E-state index contributed by atoms with van der Waals surface area (Å²) < 4.78 is 1.84. The average molecular weight is 450 g/mol. The molecule has 0 atom stereocenters. The van der Waals surface area contributed by atoms with Gasteiger partial charge in [-0.05, 0) is 35.7 Å². The number of anilines is 1. The summed E-state index contributed by atoms with van der Waals surface area (Å²) in [4.78, 5) is 24.7. The van der Waals surface area contributed by atoms with E-state index in [9.17, 15) is 9.59 Å². The third-order valence-corrected chi connectivity index (χ3v) is 5.71. The van der Waals surface area contributed by atoms with Crippen LogP contribution in [0, 0.1) is 0 Å². The number of amides is 2. The van der Waals surface area contributed by atoms with Gasteiger partial charge in [0.25, 0.3) is 5.91 Å². The highest BCUT2D eigenvalue weighted by atomic mass is 32.2. The maximum Gasteiger partial charge on any atom is 0.251 e. The van der Waals surface area contributed by atoms with Crippen LogP contribution in [0.1, 0.15) is 41.5 Å². The number of carbonyl (C=O) groups is 2. The summed E-state index contributed by atoms with van der Waals surface area (Å²) in [7, 11) is 0. The first kappa shape index (κ1) is 23.3. The Morgan fingerprint density at radius 2 is 1.81 bits per heavy atom. The first-order valence-electron chi connectivity index (χ1n) is 10.4. The second-order valence-electron chi connectivity index (χ2n) is 7.46. The Morgan fingerprint density at radius 3 is 2.47 bits per heavy atom. The molecule has 0 unspecified atom stereocenters. The van der Waals surface area contributed by atoms with Crippen molar-refractivity contribution in [3.05, 3.63) is 84.2 Å². The molecule has 0 spiro atoms. The Kier molecular flexibility index (Phi) is 8.21. The molecule has 2 N–H and O–H groups in total. The smallest absolute Gasteiger partial charge is 0.251 e. The van der Waals surface area contributed by atoms with Gasteiger partial charge in [0, 0.05) is 17.8 Å². The molecule has 0 aliphatic heterocycles. The maximum atomic E-state index is 12.4. The van der Waals surface area contributed by atoms with E-state index in [1.54, 1.807) is 18.2 Å². The lowest BCUT2D eigenvalue weighted by molar-refractivity contribution is -0.113. The molecule has 1 heterocycles. The summed E-state index contributed by atoms with van der Waals surface area (Å²) in [6, 6.07) is 16.8. The Morgan fingerprint density at radius 1 is 1.09 bits per heavy atom. The molecular weight excluding hydrogens is 422 g/mol. The van der Waals surface area contributed by atoms with Crippen LogP contribution in [-0.2, 0) is 17.9 Å². The van der Waals surface area contributed by atoms with E-state index in [0.29, 0.717) is 29.0 Å². The number of nitrogens with one attached hydrogen (secondary N) is 2. The molecule has 1 aromatic heterocycles. The number of nitrogens with zero attached hydrogens (tertiary/aromatic N) is 3. The van der Waals surface area contributed by atoms with Gasteiger partial charge < -0.3 is 15.2 Å². The standard InChI is InChI=1S/C24H27N5O2S/c1-4-14-29-21(15-25-23(31)19-8-6-5-7-9-19)27-28-24(29)32-16-22(30)26-20-12-10-18(11-13-20)17(2)3/h4-13,17H,1,14-16H2,2-3H3,(H,25,31)(H,26,30). The normalized spacial score (nSPS) is 10.7. The monoisotopic (exact) mass is 449 g/mol. The van der Waals surface area contributed by atoms with Crippen molar-refractivity contribution in [3.8, 4) is 0 Å². The van der Waals surface area contributed by atoms with Crippen molar-refractivity contribution in [2.24, 2.45) is 0 Å². The van der Waals surface area contributed by atoms with Gasteiger partial charge >= 0.3 is 0 Å². The van der Waals surface area contributed by atoms with Crippen LogP contribution in [0.3, 0.4) is 0 Å². The second-order valence-corrected chi connectivity index (χ2v) is 8.40. The van der Waals surface area contributed by atoms with Crippen LogP contribution in [0.15, 0.2) is 72.4 Å². The molecule has 32 heavy (non-hydrogen) atoms. The predicted molar refractivity (Wildman–Crippen MR) is 128 cm³/mol. The number of rotatable bonds is 10. The van der Waals surface area contributed by atoms with Crippen molar-refractivity contribution in [1.82, 2.24) is 20.1 Å². The molecule has 3 aromatic rings. The number of aromatic nitrogens is 3. The van der Waals surface area contributed by atoms with Gasteiger partial charge in [0.15, 0.2) is 11.0 Å². The summed E-state index contributed by atoms with van der Waals surface area (Å²) in [6.07, 6.45) is 1.73. The largest absolute Gasteiger partial charge is 0.345 e. The van der Waals surface area contributed by atoms with E-state index < -0.39 is 0 Å². The first-order valence-corrected chi connectivity index (χ1v) is 11.3. The molecule has 0 radical (unpaired) electrons. The fraction of sp³-hybridized carbons (Fsp3) is 0.250. The minimum absolute atomic E-state index is 0.126. The van der Waals surface area contributed by atoms with E-state index >= 15 is 0 Å². The number of allylic oxidation sites excluding steroid dienone is 1. The highest BCUT2D eigenvalue weighted by molar-refractivity contribution is 7.99. The average Bonchev–Trinajstić information content (AvgIpc) is 3.18. The number of hydrogen-bond donors (Lipinski definition) is 2. The summed E-state index contributed by atoms with van der Waals surface area (Å²) >= 11 is 1.29. The van der Waals surface area contributed by atoms with Crippen molar-refractivity contribution in [2.75, 3.05) is 11.1 Å². The highest BCUT2D eigenvalue weighted by Gasteiger charge is 2.15. The van der Waals surface area contributed by atoms with Crippen molar-refractivity contribution in [3.63, 3.8) is 0 Å². The van der Waals surface area contributed by atoms with Crippen molar-refractivity contribution < 1.29 is 9.59 Å². The van der Waals surface area contributed by atoms with Crippen LogP contribution in [-0.4, -0.2) is 32.3 Å². The lowest BCUT2D eigenvalue weighted by Gasteiger charge is -2.10. The van der Waals surface area contributed by atoms with Gasteiger partial charge in [0.05, 0.1) is 12.3 Å². The quantitative estimate of drug-likeness (QED) is 0.357. The molecule has 7 nitrogen and oxygen atoms in total. The van der Waals surface area contributed by atoms with Crippen molar-refractivity contribution in [1.29, 1.82) is 0 Å². The third-order valence-electron chi connectivity index (χ3n) is 4.74. The van der Waals surface area contributed by atoms with E-state index in [1.165, 1.54) is 17.3 Å². The zero-order valence-corrected chi connectivity index (χ0v) is 19.1. The minimum Gasteiger partial charge on any atom is -0.345 e. The van der Waals surface area contributed by atoms with Crippen LogP contribution in [0.4, 0.5) is 5.69 Å². The van der Waals surface area contributed by atoms with Gasteiger partial charge in [-0.2, -0.15) is 0 Å². The van der Waals surface area contributed by atoms with E-state index in [2.05, 4.69) is 41.3 Å². The highest BCUT2D eigenvalue weighted by Crippen LogP contribution is 2.20. The molecule has 2 amide bonds. The Labute approximate surface area is 192 Å². The Balaban J connectivity index is 1.57. The van der Waals surface area contributed by atoms with E-state index in [4.69, 9.17) is 0 Å². The lowest BCUT2D eigenvalue weighted by Crippen LogP contribution is -2.24. The van der Waals surface area contributed by atoms with Gasteiger partial charge in [-0.3, -0.25) is 9.59 Å². The molecule has 166 valence electrons. The summed E-state index contributed by atoms with van der Waals surface area (Å²) in [6.45, 7) is 8.74. The summed E-state index contributed by atoms with van der Waals surface area (Å²) in [5.74, 6) is 0.923. The topological polar surface area (TPSA) is 88.9 Å². The van der Waals surface area contributed by atoms with Crippen LogP contribution in [0.25, 0.3) is 0 Å². The number of carbonyl (C=O) groups excluding carboxylic acids is 2. The Bertz CT molecular complexity index is 1060. The predicted octanol–water partition coefficient (Wildman–Crippen LogP) is 4.25. The van der Waals surface area contributed by atoms with Gasteiger partial charge in [-0.1, -0.05) is 62.0 Å². The lowest BCUT2D eigenvalue weighted by atomic mass is 10.0. The first-order chi connectivity index (χ1) is 15.5. The number of thioether (sulfide) groups is 1. The fourth-order valence-electron chi connectivity index (χ4n) is 3.00. The van der Waals surface area contributed by atoms with E-state index in [0.717, 1.165) is 5.69 Å². The molecule has 0 saturated heterocycles. The molecule has 0 bridgehead atoms. The molecule has 0 aliphatic carbocycles. The van der Waals surface area contributed by atoms with E-state index in [-0.39, 0.29) is 24.1 Å². The zero-order valence-electron chi connectivity index (χ0n) is 18.2. The van der Waals surface area contributed by atoms with Gasteiger partial charge in [0.1, 0.15) is 0 Å². The molecule has 0 aliphatic rings. The van der Waals surface area contributed by atoms with Crippen molar-refractivity contribution in [2.45, 2.75) is 38.0 Å². The number of benzene rings is 2. The molecular formula is C24H27N5O2S. The fourth-order valence-corrected chi connectivity index (χ4v) is 3.77. The maximum absolute atomic E-state index is 12.4. The second kappa shape index (κ2) is 11.3. The van der Waals surface area contributed by atoms with Gasteiger partial charge in [-0.15, -0.1) is 16.8 Å². The number of hydrogen-bond acceptors (Lipinski definition) is 5. The minimum atomic E-state index is -0.184. The third kappa shape index (κ3) is 6.31. The summed E-state index contributed by atoms with van der Waals surface area (Å²) in [5, 5.41) is 14.7. The van der Waals surface area contributed by atoms with Gasteiger partial charge in [-0.25, -0.2) is 0 Å². The summed E-state index contributed by atoms with van der Waals surface area (Å²) in [5.41, 5.74) is 2.56. The molecule has 2 aromatic carbocycles. The van der Waals surface area contributed by atoms with Gasteiger partial charge in [0.2, 0.25) is 5.91 Å². The zero-order chi connectivity index (χ0) is 22.9. The molecule has 0 saturated carbocycles. The van der Waals surface area contributed by atoms with Crippen LogP contribution in [0.5, 0.6) is 0 Å². The Hall–Kier alpha value is -3.39. The van der Waals surface area contributed by atoms with Crippen LogP contribution >= 0.6 is 11.8 Å². The van der Waals surface area contributed by atoms with E-state index in [1.807, 2.05) is 47.0 Å². The van der Waals surface area contributed by atoms with Crippen molar-refractivity contribution >= 4 is 29.3 Å².